The molecule has 3 aromatic heterocycles. The minimum Gasteiger partial charge on any atom is -0.376 e. The van der Waals surface area contributed by atoms with Crippen LogP contribution in [0.15, 0.2) is 49.1 Å². The molecular weight excluding hydrogens is 769 g/mol. The lowest BCUT2D eigenvalue weighted by atomic mass is 9.86. The van der Waals surface area contributed by atoms with Gasteiger partial charge in [0.1, 0.15) is 23.6 Å². The predicted molar refractivity (Wildman–Crippen MR) is 218 cm³/mol. The van der Waals surface area contributed by atoms with E-state index in [1.807, 2.05) is 30.3 Å². The Balaban J connectivity index is 0.696. The van der Waals surface area contributed by atoms with E-state index in [1.165, 1.54) is 6.07 Å². The van der Waals surface area contributed by atoms with Gasteiger partial charge in [-0.1, -0.05) is 6.07 Å². The molecular formula is C42H48N12O6. The van der Waals surface area contributed by atoms with E-state index in [1.54, 1.807) is 24.5 Å². The van der Waals surface area contributed by atoms with Crippen molar-refractivity contribution in [1.29, 1.82) is 0 Å². The quantitative estimate of drug-likeness (QED) is 0.160. The second-order valence-corrected chi connectivity index (χ2v) is 16.6. The maximum Gasteiger partial charge on any atom is 0.270 e. The van der Waals surface area contributed by atoms with Crippen LogP contribution in [0.1, 0.15) is 94.3 Å². The first-order chi connectivity index (χ1) is 29.1. The highest BCUT2D eigenvalue weighted by Gasteiger charge is 2.44. The number of benzene rings is 1. The standard InChI is InChI=1S/C42H48N12O6/c1-24-3-2-4-32(47-24)39(57)49-28-17-29(18-28)53-23-46-36-37(44-22-45-38(36)53)48-26-11-13-51(14-12-26)21-25-9-15-52(16-10-25)35(56)20-43-27-5-6-30-31(19-27)42(60)54(41(30)59)33-7-8-34(55)50-40(33)58/h2-6,19,22-23,25-26,28-29,33,43H,7-18,20-21H2,1H3,(H,49,57)(H,44,45,48)(H,50,55,58)/t28?,29?,33-/m0/s1. The molecule has 18 heteroatoms. The lowest BCUT2D eigenvalue weighted by Crippen LogP contribution is -2.54. The Morgan fingerprint density at radius 2 is 1.65 bits per heavy atom. The van der Waals surface area contributed by atoms with Gasteiger partial charge in [-0.3, -0.25) is 39.0 Å². The van der Waals surface area contributed by atoms with E-state index in [0.717, 1.165) is 85.7 Å². The molecule has 5 aliphatic rings. The third-order valence-electron chi connectivity index (χ3n) is 12.6. The highest BCUT2D eigenvalue weighted by molar-refractivity contribution is 6.23. The Labute approximate surface area is 345 Å². The number of likely N-dealkylation sites (tertiary alicyclic amines) is 2. The zero-order valence-electron chi connectivity index (χ0n) is 33.4. The number of amides is 6. The molecule has 1 atom stereocenters. The molecule has 4 N–H and O–H groups in total. The summed E-state index contributed by atoms with van der Waals surface area (Å²) in [6.45, 7) is 6.22. The minimum atomic E-state index is -1.03. The van der Waals surface area contributed by atoms with Gasteiger partial charge in [-0.15, -0.1) is 0 Å². The molecule has 6 amide bonds. The molecule has 7 heterocycles. The van der Waals surface area contributed by atoms with Crippen molar-refractivity contribution in [2.45, 2.75) is 82.5 Å². The third kappa shape index (κ3) is 7.90. The van der Waals surface area contributed by atoms with Gasteiger partial charge in [-0.2, -0.15) is 0 Å². The number of aromatic nitrogens is 5. The number of carbonyl (C=O) groups excluding carboxylic acids is 6. The molecule has 9 rings (SSSR count). The van der Waals surface area contributed by atoms with Crippen molar-refractivity contribution >= 4 is 58.1 Å². The first kappa shape index (κ1) is 39.2. The molecule has 60 heavy (non-hydrogen) atoms. The van der Waals surface area contributed by atoms with Crippen LogP contribution < -0.4 is 21.3 Å². The molecule has 0 unspecified atom stereocenters. The highest BCUT2D eigenvalue weighted by atomic mass is 16.2. The second kappa shape index (κ2) is 16.4. The Morgan fingerprint density at radius 1 is 0.867 bits per heavy atom. The molecule has 18 nitrogen and oxygen atoms in total. The lowest BCUT2D eigenvalue weighted by molar-refractivity contribution is -0.136. The fourth-order valence-electron chi connectivity index (χ4n) is 9.14. The number of anilines is 2. The van der Waals surface area contributed by atoms with Gasteiger partial charge in [-0.25, -0.2) is 19.9 Å². The van der Waals surface area contributed by atoms with Crippen molar-refractivity contribution in [3.63, 3.8) is 0 Å². The first-order valence-electron chi connectivity index (χ1n) is 20.9. The molecule has 0 radical (unpaired) electrons. The van der Waals surface area contributed by atoms with Gasteiger partial charge in [0.25, 0.3) is 17.7 Å². The molecule has 1 saturated carbocycles. The van der Waals surface area contributed by atoms with Gasteiger partial charge in [0, 0.05) is 68.7 Å². The number of pyridine rings is 1. The summed E-state index contributed by atoms with van der Waals surface area (Å²) in [5, 5.41) is 12.1. The maximum atomic E-state index is 13.2. The number of nitrogens with zero attached hydrogens (tertiary/aromatic N) is 8. The van der Waals surface area contributed by atoms with Crippen LogP contribution in [0.4, 0.5) is 11.5 Å². The van der Waals surface area contributed by atoms with Crippen LogP contribution in [0.2, 0.25) is 0 Å². The fraction of sp³-hybridized carbons (Fsp3) is 0.476. The zero-order chi connectivity index (χ0) is 41.5. The summed E-state index contributed by atoms with van der Waals surface area (Å²) in [4.78, 5) is 99.5. The van der Waals surface area contributed by atoms with Crippen molar-refractivity contribution < 1.29 is 28.8 Å². The van der Waals surface area contributed by atoms with E-state index in [2.05, 4.69) is 45.7 Å². The van der Waals surface area contributed by atoms with Gasteiger partial charge in [-0.05, 0) is 88.1 Å². The molecule has 312 valence electrons. The summed E-state index contributed by atoms with van der Waals surface area (Å²) >= 11 is 0. The Morgan fingerprint density at radius 3 is 2.42 bits per heavy atom. The van der Waals surface area contributed by atoms with Crippen molar-refractivity contribution in [3.05, 3.63) is 71.6 Å². The number of rotatable bonds is 11. The van der Waals surface area contributed by atoms with E-state index < -0.39 is 29.7 Å². The van der Waals surface area contributed by atoms with Crippen molar-refractivity contribution in [1.82, 2.24) is 49.8 Å². The number of imide groups is 2. The topological polar surface area (TPSA) is 217 Å². The molecule has 3 saturated heterocycles. The third-order valence-corrected chi connectivity index (χ3v) is 12.6. The van der Waals surface area contributed by atoms with Gasteiger partial charge in [0.15, 0.2) is 11.5 Å². The van der Waals surface area contributed by atoms with Gasteiger partial charge in [0.2, 0.25) is 17.7 Å². The van der Waals surface area contributed by atoms with Crippen molar-refractivity contribution in [2.24, 2.45) is 5.92 Å². The van der Waals surface area contributed by atoms with Crippen molar-refractivity contribution in [2.75, 3.05) is 49.9 Å². The maximum absolute atomic E-state index is 13.2. The zero-order valence-corrected chi connectivity index (χ0v) is 33.4. The number of piperidine rings is 3. The Hall–Kier alpha value is -6.30. The van der Waals surface area contributed by atoms with E-state index >= 15 is 0 Å². The normalized spacial score (nSPS) is 22.7. The SMILES string of the molecule is Cc1cccc(C(=O)NC2CC(n3cnc4c(NC5CCN(CC6CCN(C(=O)CNc7ccc8c(c7)C(=O)N([C@H]7CCC(=O)NC7=O)C8=O)CC6)CC5)ncnc43)C2)n1. The van der Waals surface area contributed by atoms with E-state index in [9.17, 15) is 28.8 Å². The average Bonchev–Trinajstić information content (AvgIpc) is 3.77. The Kier molecular flexibility index (Phi) is 10.7. The summed E-state index contributed by atoms with van der Waals surface area (Å²) in [6.07, 6.45) is 8.96. The van der Waals surface area contributed by atoms with Crippen molar-refractivity contribution in [3.8, 4) is 0 Å². The fourth-order valence-corrected chi connectivity index (χ4v) is 9.14. The van der Waals surface area contributed by atoms with Crippen LogP contribution in [0.3, 0.4) is 0 Å². The number of hydrogen-bond donors (Lipinski definition) is 4. The summed E-state index contributed by atoms with van der Waals surface area (Å²) in [6, 6.07) is 9.68. The second-order valence-electron chi connectivity index (χ2n) is 16.6. The monoisotopic (exact) mass is 816 g/mol. The molecule has 1 aliphatic carbocycles. The van der Waals surface area contributed by atoms with Gasteiger partial charge >= 0.3 is 0 Å². The van der Waals surface area contributed by atoms with E-state index in [4.69, 9.17) is 4.98 Å². The summed E-state index contributed by atoms with van der Waals surface area (Å²) < 4.78 is 2.09. The van der Waals surface area contributed by atoms with E-state index in [-0.39, 0.29) is 60.5 Å². The highest BCUT2D eigenvalue weighted by Crippen LogP contribution is 2.35. The number of carbonyl (C=O) groups is 6. The largest absolute Gasteiger partial charge is 0.376 e. The minimum absolute atomic E-state index is 0.0332. The van der Waals surface area contributed by atoms with Crippen LogP contribution in [0.25, 0.3) is 11.2 Å². The summed E-state index contributed by atoms with van der Waals surface area (Å²) in [5.74, 6) is -1.16. The molecule has 4 aromatic rings. The summed E-state index contributed by atoms with van der Waals surface area (Å²) in [7, 11) is 0. The number of imidazole rings is 1. The lowest BCUT2D eigenvalue weighted by Gasteiger charge is -2.38. The summed E-state index contributed by atoms with van der Waals surface area (Å²) in [5.41, 5.74) is 3.68. The average molecular weight is 817 g/mol. The molecule has 0 spiro atoms. The molecule has 4 fully saturated rings. The van der Waals surface area contributed by atoms with Crippen LogP contribution in [-0.4, -0.2) is 132 Å². The van der Waals surface area contributed by atoms with Gasteiger partial charge < -0.3 is 30.3 Å². The predicted octanol–water partition coefficient (Wildman–Crippen LogP) is 2.29. The number of aryl methyl sites for hydroxylation is 1. The van der Waals surface area contributed by atoms with Gasteiger partial charge in [0.05, 0.1) is 24.0 Å². The number of nitrogens with one attached hydrogen (secondary N) is 4. The van der Waals surface area contributed by atoms with Crippen LogP contribution in [0, 0.1) is 12.8 Å². The van der Waals surface area contributed by atoms with Crippen LogP contribution >= 0.6 is 0 Å². The van der Waals surface area contributed by atoms with E-state index in [0.29, 0.717) is 30.4 Å². The van der Waals surface area contributed by atoms with Crippen LogP contribution in [0.5, 0.6) is 0 Å². The van der Waals surface area contributed by atoms with Crippen LogP contribution in [-0.2, 0) is 14.4 Å². The Bertz CT molecular complexity index is 2360. The smallest absolute Gasteiger partial charge is 0.270 e. The number of fused-ring (bicyclic) bond motifs is 2. The first-order valence-corrected chi connectivity index (χ1v) is 20.9. The number of hydrogen-bond acceptors (Lipinski definition) is 13. The molecule has 4 aliphatic heterocycles. The molecule has 1 aromatic carbocycles. The molecule has 0 bridgehead atoms.